The van der Waals surface area contributed by atoms with Crippen molar-refractivity contribution in [2.24, 2.45) is 0 Å². The lowest BCUT2D eigenvalue weighted by Gasteiger charge is -2.15. The van der Waals surface area contributed by atoms with E-state index in [1.54, 1.807) is 36.4 Å². The van der Waals surface area contributed by atoms with Crippen LogP contribution < -0.4 is 5.32 Å². The molecule has 1 aliphatic heterocycles. The predicted octanol–water partition coefficient (Wildman–Crippen LogP) is 5.64. The van der Waals surface area contributed by atoms with Crippen LogP contribution >= 0.6 is 0 Å². The number of aliphatic hydroxyl groups is 1. The zero-order valence-electron chi connectivity index (χ0n) is 19.4. The van der Waals surface area contributed by atoms with E-state index in [4.69, 9.17) is 4.74 Å². The highest BCUT2D eigenvalue weighted by atomic mass is 16.5. The average molecular weight is 468 g/mol. The summed E-state index contributed by atoms with van der Waals surface area (Å²) in [6.45, 7) is 3.78. The molecule has 4 rings (SSSR count). The normalized spacial score (nSPS) is 15.4. The Balaban J connectivity index is 1.66. The van der Waals surface area contributed by atoms with E-state index in [0.29, 0.717) is 16.8 Å². The predicted molar refractivity (Wildman–Crippen MR) is 134 cm³/mol. The number of rotatable bonds is 7. The molecule has 1 aliphatic rings. The smallest absolute Gasteiger partial charge is 0.339 e. The summed E-state index contributed by atoms with van der Waals surface area (Å²) in [7, 11) is 0. The highest BCUT2D eigenvalue weighted by Gasteiger charge is 2.33. The fourth-order valence-corrected chi connectivity index (χ4v) is 3.98. The van der Waals surface area contributed by atoms with E-state index in [1.165, 1.54) is 6.08 Å². The Bertz CT molecular complexity index is 1350. The number of carbonyl (C=O) groups is 3. The van der Waals surface area contributed by atoms with Gasteiger partial charge in [0.2, 0.25) is 0 Å². The van der Waals surface area contributed by atoms with Crippen molar-refractivity contribution in [2.45, 2.75) is 26.4 Å². The Morgan fingerprint density at radius 2 is 1.71 bits per heavy atom. The van der Waals surface area contributed by atoms with Crippen molar-refractivity contribution in [1.82, 2.24) is 0 Å². The van der Waals surface area contributed by atoms with Crippen molar-refractivity contribution in [3.8, 4) is 0 Å². The quantitative estimate of drug-likeness (QED) is 0.267. The van der Waals surface area contributed by atoms with Gasteiger partial charge in [0.15, 0.2) is 11.5 Å². The molecule has 1 amide bonds. The molecular formula is C29H25NO5. The highest BCUT2D eigenvalue weighted by Crippen LogP contribution is 2.36. The summed E-state index contributed by atoms with van der Waals surface area (Å²) in [4.78, 5) is 38.4. The molecule has 0 aliphatic carbocycles. The number of hydrogen-bond donors (Lipinski definition) is 2. The van der Waals surface area contributed by atoms with Gasteiger partial charge in [0, 0.05) is 17.7 Å². The number of ketones is 1. The number of esters is 1. The summed E-state index contributed by atoms with van der Waals surface area (Å²) in [5.74, 6) is -2.59. The Morgan fingerprint density at radius 3 is 2.46 bits per heavy atom. The first-order valence-corrected chi connectivity index (χ1v) is 11.2. The molecule has 0 saturated heterocycles. The van der Waals surface area contributed by atoms with Crippen molar-refractivity contribution in [3.05, 3.63) is 118 Å². The second-order valence-electron chi connectivity index (χ2n) is 8.39. The van der Waals surface area contributed by atoms with Crippen LogP contribution in [0.5, 0.6) is 0 Å². The van der Waals surface area contributed by atoms with Crippen LogP contribution in [0.25, 0.3) is 6.08 Å². The zero-order valence-corrected chi connectivity index (χ0v) is 19.4. The summed E-state index contributed by atoms with van der Waals surface area (Å²) in [5, 5.41) is 13.6. The SMILES string of the molecule is Cc1ccc(NC(=O)/C(O)=C(\C[C@@H]2OC(=O)c3ccccc32)C(=O)/C=C/c2ccccc2)c(C)c1. The third-order valence-electron chi connectivity index (χ3n) is 5.82. The summed E-state index contributed by atoms with van der Waals surface area (Å²) in [5.41, 5.74) is 4.04. The molecular weight excluding hydrogens is 442 g/mol. The minimum Gasteiger partial charge on any atom is -0.503 e. The molecule has 1 atom stereocenters. The van der Waals surface area contributed by atoms with Gasteiger partial charge < -0.3 is 15.2 Å². The number of amides is 1. The molecule has 3 aromatic rings. The maximum atomic E-state index is 13.2. The monoisotopic (exact) mass is 467 g/mol. The second-order valence-corrected chi connectivity index (χ2v) is 8.39. The molecule has 35 heavy (non-hydrogen) atoms. The first-order chi connectivity index (χ1) is 16.8. The van der Waals surface area contributed by atoms with Crippen LogP contribution in [0, 0.1) is 13.8 Å². The lowest BCUT2D eigenvalue weighted by Crippen LogP contribution is -2.20. The van der Waals surface area contributed by atoms with Crippen LogP contribution in [-0.4, -0.2) is 22.8 Å². The molecule has 0 spiro atoms. The molecule has 2 N–H and O–H groups in total. The van der Waals surface area contributed by atoms with Crippen molar-refractivity contribution in [1.29, 1.82) is 0 Å². The second kappa shape index (κ2) is 10.2. The van der Waals surface area contributed by atoms with Crippen LogP contribution in [0.2, 0.25) is 0 Å². The van der Waals surface area contributed by atoms with Gasteiger partial charge in [0.05, 0.1) is 11.1 Å². The largest absolute Gasteiger partial charge is 0.503 e. The topological polar surface area (TPSA) is 92.7 Å². The van der Waals surface area contributed by atoms with Gasteiger partial charge in [0.25, 0.3) is 5.91 Å². The van der Waals surface area contributed by atoms with E-state index in [-0.39, 0.29) is 12.0 Å². The highest BCUT2D eigenvalue weighted by molar-refractivity contribution is 6.13. The van der Waals surface area contributed by atoms with E-state index < -0.39 is 29.5 Å². The maximum Gasteiger partial charge on any atom is 0.339 e. The molecule has 0 unspecified atom stereocenters. The van der Waals surface area contributed by atoms with Gasteiger partial charge in [0.1, 0.15) is 6.10 Å². The maximum absolute atomic E-state index is 13.2. The number of cyclic esters (lactones) is 1. The molecule has 0 saturated carbocycles. The summed E-state index contributed by atoms with van der Waals surface area (Å²) < 4.78 is 5.46. The zero-order chi connectivity index (χ0) is 24.9. The number of carbonyl (C=O) groups excluding carboxylic acids is 3. The van der Waals surface area contributed by atoms with Crippen molar-refractivity contribution < 1.29 is 24.2 Å². The Kier molecular flexibility index (Phi) is 6.92. The molecule has 0 bridgehead atoms. The molecule has 0 fully saturated rings. The number of ether oxygens (including phenoxy) is 1. The Labute approximate surface area is 203 Å². The molecule has 176 valence electrons. The number of aryl methyl sites for hydroxylation is 2. The Hall–Kier alpha value is -4.45. The van der Waals surface area contributed by atoms with E-state index in [0.717, 1.165) is 16.7 Å². The molecule has 1 heterocycles. The van der Waals surface area contributed by atoms with Crippen molar-refractivity contribution in [2.75, 3.05) is 5.32 Å². The fraction of sp³-hybridized carbons (Fsp3) is 0.138. The first-order valence-electron chi connectivity index (χ1n) is 11.2. The number of fused-ring (bicyclic) bond motifs is 1. The van der Waals surface area contributed by atoms with Gasteiger partial charge in [-0.2, -0.15) is 0 Å². The number of hydrogen-bond acceptors (Lipinski definition) is 5. The standard InChI is InChI=1S/C29H25NO5/c1-18-12-14-24(19(2)16-18)30-28(33)27(32)23(25(31)15-13-20-8-4-3-5-9-20)17-26-21-10-6-7-11-22(21)29(34)35-26/h3-16,26,32H,17H2,1-2H3,(H,30,33)/b15-13+,27-23-/t26-/m0/s1. The van der Waals surface area contributed by atoms with Crippen LogP contribution in [0.3, 0.4) is 0 Å². The van der Waals surface area contributed by atoms with Gasteiger partial charge in [-0.1, -0.05) is 72.3 Å². The van der Waals surface area contributed by atoms with E-state index in [1.807, 2.05) is 56.3 Å². The van der Waals surface area contributed by atoms with Crippen molar-refractivity contribution in [3.63, 3.8) is 0 Å². The van der Waals surface area contributed by atoms with E-state index >= 15 is 0 Å². The lowest BCUT2D eigenvalue weighted by molar-refractivity contribution is -0.117. The van der Waals surface area contributed by atoms with Gasteiger partial charge >= 0.3 is 5.97 Å². The fourth-order valence-electron chi connectivity index (χ4n) is 3.98. The third kappa shape index (κ3) is 5.38. The summed E-state index contributed by atoms with van der Waals surface area (Å²) in [6, 6.07) is 21.5. The van der Waals surface area contributed by atoms with Gasteiger partial charge in [-0.25, -0.2) is 4.79 Å². The van der Waals surface area contributed by atoms with Crippen LogP contribution in [-0.2, 0) is 14.3 Å². The number of allylic oxidation sites excluding steroid dienone is 1. The minimum atomic E-state index is -0.814. The van der Waals surface area contributed by atoms with Gasteiger partial charge in [-0.15, -0.1) is 0 Å². The molecule has 6 heteroatoms. The Morgan fingerprint density at radius 1 is 1.00 bits per heavy atom. The first kappa shape index (κ1) is 23.7. The number of nitrogens with one attached hydrogen (secondary N) is 1. The number of benzene rings is 3. The van der Waals surface area contributed by atoms with Crippen molar-refractivity contribution >= 4 is 29.4 Å². The summed E-state index contributed by atoms with van der Waals surface area (Å²) >= 11 is 0. The van der Waals surface area contributed by atoms with Gasteiger partial charge in [-0.3, -0.25) is 9.59 Å². The van der Waals surface area contributed by atoms with E-state index in [9.17, 15) is 19.5 Å². The summed E-state index contributed by atoms with van der Waals surface area (Å²) in [6.07, 6.45) is 1.96. The third-order valence-corrected chi connectivity index (χ3v) is 5.82. The lowest BCUT2D eigenvalue weighted by atomic mass is 9.95. The van der Waals surface area contributed by atoms with Crippen LogP contribution in [0.1, 0.15) is 45.1 Å². The van der Waals surface area contributed by atoms with Crippen LogP contribution in [0.15, 0.2) is 90.2 Å². The molecule has 0 aromatic heterocycles. The molecule has 3 aromatic carbocycles. The van der Waals surface area contributed by atoms with Gasteiger partial charge in [-0.05, 0) is 43.2 Å². The average Bonchev–Trinajstić information content (AvgIpc) is 3.18. The number of aliphatic hydroxyl groups excluding tert-OH is 1. The number of anilines is 1. The van der Waals surface area contributed by atoms with E-state index in [2.05, 4.69) is 5.32 Å². The molecule has 6 nitrogen and oxygen atoms in total. The van der Waals surface area contributed by atoms with Crippen LogP contribution in [0.4, 0.5) is 5.69 Å². The minimum absolute atomic E-state index is 0.144. The molecule has 0 radical (unpaired) electrons.